The van der Waals surface area contributed by atoms with Crippen LogP contribution in [0.5, 0.6) is 0 Å². The average molecular weight is 446 g/mol. The number of aryl methyl sites for hydroxylation is 1. The summed E-state index contributed by atoms with van der Waals surface area (Å²) in [6.07, 6.45) is 1.36. The van der Waals surface area contributed by atoms with E-state index in [1.54, 1.807) is 12.1 Å². The third-order valence-corrected chi connectivity index (χ3v) is 5.75. The molecule has 0 bridgehead atoms. The molecule has 0 spiro atoms. The fourth-order valence-corrected chi connectivity index (χ4v) is 3.79. The van der Waals surface area contributed by atoms with Crippen LogP contribution in [0.2, 0.25) is 5.02 Å². The maximum absolute atomic E-state index is 12.6. The van der Waals surface area contributed by atoms with E-state index in [1.165, 1.54) is 24.3 Å². The minimum Gasteiger partial charge on any atom is -0.324 e. The molecule has 1 saturated heterocycles. The number of hydrogen-bond donors (Lipinski definition) is 1. The van der Waals surface area contributed by atoms with Crippen LogP contribution < -0.4 is 5.32 Å². The minimum atomic E-state index is -0.640. The Bertz CT molecular complexity index is 1120. The molecule has 1 heterocycles. The zero-order valence-corrected chi connectivity index (χ0v) is 17.5. The van der Waals surface area contributed by atoms with Gasteiger partial charge in [-0.25, -0.2) is 0 Å². The largest absolute Gasteiger partial charge is 0.324 e. The van der Waals surface area contributed by atoms with E-state index in [0.29, 0.717) is 23.0 Å². The molecule has 0 saturated carbocycles. The number of anilines is 1. The Kier molecular flexibility index (Phi) is 6.23. The predicted molar refractivity (Wildman–Crippen MR) is 115 cm³/mol. The van der Waals surface area contributed by atoms with Gasteiger partial charge in [0.05, 0.1) is 9.83 Å². The number of halogens is 1. The highest BCUT2D eigenvalue weighted by Gasteiger charge is 2.36. The van der Waals surface area contributed by atoms with Crippen molar-refractivity contribution in [2.45, 2.75) is 13.8 Å². The van der Waals surface area contributed by atoms with Gasteiger partial charge in [0.1, 0.15) is 11.6 Å². The molecular weight excluding hydrogens is 430 g/mol. The summed E-state index contributed by atoms with van der Waals surface area (Å²) in [7, 11) is 0. The summed E-state index contributed by atoms with van der Waals surface area (Å²) in [6.45, 7) is 3.34. The summed E-state index contributed by atoms with van der Waals surface area (Å²) in [5, 5.41) is 13.1. The van der Waals surface area contributed by atoms with Gasteiger partial charge in [-0.2, -0.15) is 0 Å². The van der Waals surface area contributed by atoms with E-state index in [-0.39, 0.29) is 15.6 Å². The maximum Gasteiger partial charge on any atom is 0.294 e. The van der Waals surface area contributed by atoms with Crippen LogP contribution in [0.15, 0.2) is 41.3 Å². The van der Waals surface area contributed by atoms with Crippen molar-refractivity contribution in [2.24, 2.45) is 0 Å². The molecule has 1 aliphatic heterocycles. The first-order valence-electron chi connectivity index (χ1n) is 8.72. The number of nitrogens with one attached hydrogen (secondary N) is 1. The third-order valence-electron chi connectivity index (χ3n) is 4.52. The summed E-state index contributed by atoms with van der Waals surface area (Å²) >= 11 is 6.45. The van der Waals surface area contributed by atoms with Gasteiger partial charge in [-0.3, -0.25) is 29.4 Å². The van der Waals surface area contributed by atoms with Crippen molar-refractivity contribution in [1.29, 1.82) is 0 Å². The maximum atomic E-state index is 12.6. The Morgan fingerprint density at radius 3 is 2.70 bits per heavy atom. The fourth-order valence-electron chi connectivity index (χ4n) is 2.77. The highest BCUT2D eigenvalue weighted by Crippen LogP contribution is 2.33. The lowest BCUT2D eigenvalue weighted by atomic mass is 10.1. The van der Waals surface area contributed by atoms with Crippen LogP contribution in [0.25, 0.3) is 6.08 Å². The number of benzene rings is 2. The molecule has 3 rings (SSSR count). The lowest BCUT2D eigenvalue weighted by Crippen LogP contribution is -2.36. The van der Waals surface area contributed by atoms with Gasteiger partial charge in [0.2, 0.25) is 5.91 Å². The van der Waals surface area contributed by atoms with Crippen LogP contribution in [0.1, 0.15) is 16.7 Å². The second kappa shape index (κ2) is 8.68. The lowest BCUT2D eigenvalue weighted by molar-refractivity contribution is -0.384. The molecule has 0 unspecified atom stereocenters. The first kappa shape index (κ1) is 21.5. The van der Waals surface area contributed by atoms with E-state index in [2.05, 4.69) is 5.32 Å². The van der Waals surface area contributed by atoms with Crippen molar-refractivity contribution in [2.75, 3.05) is 11.9 Å². The molecule has 0 aliphatic carbocycles. The fraction of sp³-hybridized carbons (Fsp3) is 0.150. The molecule has 10 heteroatoms. The predicted octanol–water partition coefficient (Wildman–Crippen LogP) is 4.54. The van der Waals surface area contributed by atoms with E-state index in [1.807, 2.05) is 19.9 Å². The van der Waals surface area contributed by atoms with Crippen molar-refractivity contribution in [1.82, 2.24) is 4.90 Å². The van der Waals surface area contributed by atoms with Gasteiger partial charge in [-0.05, 0) is 60.5 Å². The zero-order valence-electron chi connectivity index (χ0n) is 16.0. The van der Waals surface area contributed by atoms with Crippen molar-refractivity contribution in [3.8, 4) is 0 Å². The van der Waals surface area contributed by atoms with Gasteiger partial charge in [-0.1, -0.05) is 29.8 Å². The Hall–Kier alpha value is -3.17. The van der Waals surface area contributed by atoms with Crippen molar-refractivity contribution in [3.63, 3.8) is 0 Å². The van der Waals surface area contributed by atoms with Crippen LogP contribution in [0.4, 0.5) is 16.2 Å². The highest BCUT2D eigenvalue weighted by atomic mass is 35.5. The van der Waals surface area contributed by atoms with Crippen molar-refractivity contribution in [3.05, 3.63) is 73.1 Å². The Balaban J connectivity index is 1.75. The number of nitro groups is 1. The smallest absolute Gasteiger partial charge is 0.294 e. The van der Waals surface area contributed by atoms with E-state index in [9.17, 15) is 24.5 Å². The van der Waals surface area contributed by atoms with Gasteiger partial charge < -0.3 is 5.32 Å². The number of nitrogens with zero attached hydrogens (tertiary/aromatic N) is 2. The summed E-state index contributed by atoms with van der Waals surface area (Å²) in [6, 6.07) is 9.49. The summed E-state index contributed by atoms with van der Waals surface area (Å²) in [5.41, 5.74) is 2.54. The summed E-state index contributed by atoms with van der Waals surface area (Å²) < 4.78 is 0. The SMILES string of the molecule is Cc1cccc(NC(=O)CN2C(=O)S/C(=C\c3ccc(Cl)c([N+](=O)[O-])c3)C2=O)c1C. The first-order chi connectivity index (χ1) is 14.2. The van der Waals surface area contributed by atoms with E-state index in [4.69, 9.17) is 11.6 Å². The minimum absolute atomic E-state index is 0.0339. The third kappa shape index (κ3) is 4.52. The standard InChI is InChI=1S/C20H16ClN3O5S/c1-11-4-3-5-15(12(11)2)22-18(25)10-23-19(26)17(30-20(23)27)9-13-6-7-14(21)16(8-13)24(28)29/h3-9H,10H2,1-2H3,(H,22,25)/b17-9-. The van der Waals surface area contributed by atoms with Crippen LogP contribution in [0, 0.1) is 24.0 Å². The van der Waals surface area contributed by atoms with Crippen molar-refractivity contribution < 1.29 is 19.3 Å². The molecule has 154 valence electrons. The van der Waals surface area contributed by atoms with Crippen LogP contribution >= 0.6 is 23.4 Å². The van der Waals surface area contributed by atoms with E-state index in [0.717, 1.165) is 16.0 Å². The Labute approximate surface area is 181 Å². The van der Waals surface area contributed by atoms with Crippen molar-refractivity contribution >= 4 is 57.9 Å². The molecule has 1 aliphatic rings. The van der Waals surface area contributed by atoms with Crippen LogP contribution in [-0.2, 0) is 9.59 Å². The molecule has 1 N–H and O–H groups in total. The molecule has 8 nitrogen and oxygen atoms in total. The lowest BCUT2D eigenvalue weighted by Gasteiger charge is -2.14. The molecule has 1 fully saturated rings. The molecule has 0 radical (unpaired) electrons. The van der Waals surface area contributed by atoms with E-state index >= 15 is 0 Å². The number of amides is 3. The number of nitro benzene ring substituents is 1. The summed E-state index contributed by atoms with van der Waals surface area (Å²) in [5.74, 6) is -1.15. The van der Waals surface area contributed by atoms with Gasteiger partial charge >= 0.3 is 0 Å². The molecular formula is C20H16ClN3O5S. The molecule has 2 aromatic rings. The van der Waals surface area contributed by atoms with Crippen LogP contribution in [-0.4, -0.2) is 33.4 Å². The zero-order chi connectivity index (χ0) is 22.0. The Morgan fingerprint density at radius 1 is 1.27 bits per heavy atom. The van der Waals surface area contributed by atoms with Gasteiger partial charge in [0.15, 0.2) is 0 Å². The molecule has 30 heavy (non-hydrogen) atoms. The van der Waals surface area contributed by atoms with Crippen LogP contribution in [0.3, 0.4) is 0 Å². The average Bonchev–Trinajstić information content (AvgIpc) is 2.94. The topological polar surface area (TPSA) is 110 Å². The Morgan fingerprint density at radius 2 is 2.00 bits per heavy atom. The number of hydrogen-bond acceptors (Lipinski definition) is 6. The van der Waals surface area contributed by atoms with E-state index < -0.39 is 28.5 Å². The number of carbonyl (C=O) groups is 3. The van der Waals surface area contributed by atoms with Gasteiger partial charge in [-0.15, -0.1) is 0 Å². The van der Waals surface area contributed by atoms with Gasteiger partial charge in [0, 0.05) is 11.8 Å². The molecule has 3 amide bonds. The number of imide groups is 1. The quantitative estimate of drug-likeness (QED) is 0.411. The molecule has 2 aromatic carbocycles. The number of rotatable bonds is 5. The normalized spacial score (nSPS) is 15.0. The number of carbonyl (C=O) groups excluding carboxylic acids is 3. The monoisotopic (exact) mass is 445 g/mol. The second-order valence-electron chi connectivity index (χ2n) is 6.53. The molecule has 0 atom stereocenters. The van der Waals surface area contributed by atoms with Gasteiger partial charge in [0.25, 0.3) is 16.8 Å². The molecule has 0 aromatic heterocycles. The number of thioether (sulfide) groups is 1. The summed E-state index contributed by atoms with van der Waals surface area (Å²) in [4.78, 5) is 48.5. The second-order valence-corrected chi connectivity index (χ2v) is 7.93. The highest BCUT2D eigenvalue weighted by molar-refractivity contribution is 8.18. The first-order valence-corrected chi connectivity index (χ1v) is 9.92.